The van der Waals surface area contributed by atoms with E-state index < -0.39 is 17.9 Å². The topological polar surface area (TPSA) is 145 Å². The lowest BCUT2D eigenvalue weighted by Crippen LogP contribution is -2.45. The first-order valence-electron chi connectivity index (χ1n) is 10.7. The zero-order valence-corrected chi connectivity index (χ0v) is 18.7. The minimum absolute atomic E-state index is 0.0463. The Balaban J connectivity index is 1.74. The van der Waals surface area contributed by atoms with Crippen LogP contribution in [-0.2, 0) is 11.3 Å². The predicted octanol–water partition coefficient (Wildman–Crippen LogP) is 2.86. The van der Waals surface area contributed by atoms with Crippen LogP contribution in [0.5, 0.6) is 0 Å². The Kier molecular flexibility index (Phi) is 6.74. The number of furan rings is 1. The van der Waals surface area contributed by atoms with Gasteiger partial charge in [0.15, 0.2) is 11.7 Å². The molecule has 0 bridgehead atoms. The van der Waals surface area contributed by atoms with Crippen molar-refractivity contribution in [3.05, 3.63) is 70.6 Å². The highest BCUT2D eigenvalue weighted by atomic mass is 32.1. The molecule has 1 atom stereocenters. The fourth-order valence-electron chi connectivity index (χ4n) is 4.04. The minimum atomic E-state index is -1.04. The molecule has 1 aromatic carbocycles. The van der Waals surface area contributed by atoms with Crippen LogP contribution >= 0.6 is 11.5 Å². The van der Waals surface area contributed by atoms with Crippen molar-refractivity contribution in [1.82, 2.24) is 14.6 Å². The fraction of sp³-hybridized carbons (Fsp3) is 0.304. The predicted molar refractivity (Wildman–Crippen MR) is 123 cm³/mol. The van der Waals surface area contributed by atoms with E-state index in [1.54, 1.807) is 12.1 Å². The molecule has 5 N–H and O–H groups in total. The molecule has 4 rings (SSSR count). The number of amides is 3. The van der Waals surface area contributed by atoms with Gasteiger partial charge in [-0.3, -0.25) is 14.4 Å². The smallest absolute Gasteiger partial charge is 0.270 e. The molecule has 1 aliphatic carbocycles. The molecule has 0 spiro atoms. The Labute approximate surface area is 194 Å². The number of hydrogen-bond acceptors (Lipinski definition) is 7. The first kappa shape index (κ1) is 22.5. The summed E-state index contributed by atoms with van der Waals surface area (Å²) in [4.78, 5) is 40.3. The van der Waals surface area contributed by atoms with Gasteiger partial charge in [0.2, 0.25) is 0 Å². The number of primary amides is 1. The average Bonchev–Trinajstić information content (AvgIpc) is 3.56. The van der Waals surface area contributed by atoms with Gasteiger partial charge in [-0.2, -0.15) is 4.37 Å². The Hall–Kier alpha value is -3.66. The number of aromatic nitrogens is 1. The Morgan fingerprint density at radius 1 is 1.15 bits per heavy atom. The molecular weight excluding hydrogens is 442 g/mol. The van der Waals surface area contributed by atoms with Crippen LogP contribution in [0.4, 0.5) is 5.69 Å². The second kappa shape index (κ2) is 9.86. The molecule has 0 aliphatic heterocycles. The van der Waals surface area contributed by atoms with Crippen molar-refractivity contribution in [3.63, 3.8) is 0 Å². The van der Waals surface area contributed by atoms with E-state index >= 15 is 0 Å². The van der Waals surface area contributed by atoms with Crippen molar-refractivity contribution in [2.24, 2.45) is 5.73 Å². The maximum atomic E-state index is 13.7. The van der Waals surface area contributed by atoms with Gasteiger partial charge in [0.25, 0.3) is 17.7 Å². The number of rotatable bonds is 8. The molecule has 2 aromatic heterocycles. The van der Waals surface area contributed by atoms with Crippen LogP contribution in [0.25, 0.3) is 0 Å². The normalized spacial score (nSPS) is 14.7. The molecule has 0 radical (unpaired) electrons. The van der Waals surface area contributed by atoms with E-state index in [0.29, 0.717) is 5.76 Å². The molecule has 0 unspecified atom stereocenters. The van der Waals surface area contributed by atoms with E-state index in [1.165, 1.54) is 11.2 Å². The van der Waals surface area contributed by atoms with Crippen LogP contribution in [0.3, 0.4) is 0 Å². The highest BCUT2D eigenvalue weighted by Gasteiger charge is 2.37. The van der Waals surface area contributed by atoms with Crippen molar-refractivity contribution in [2.45, 2.75) is 44.3 Å². The average molecular weight is 468 g/mol. The molecule has 33 heavy (non-hydrogen) atoms. The molecule has 9 nitrogen and oxygen atoms in total. The van der Waals surface area contributed by atoms with Crippen LogP contribution in [0.15, 0.2) is 53.1 Å². The lowest BCUT2D eigenvalue weighted by atomic mass is 10.1. The Bertz CT molecular complexity index is 1120. The molecule has 172 valence electrons. The lowest BCUT2D eigenvalue weighted by molar-refractivity contribution is -0.127. The molecule has 10 heteroatoms. The molecular formula is C23H25N5O4S. The lowest BCUT2D eigenvalue weighted by Gasteiger charge is -2.30. The molecule has 1 aliphatic rings. The number of nitrogens with zero attached hydrogens (tertiary/aromatic N) is 2. The van der Waals surface area contributed by atoms with Gasteiger partial charge in [-0.1, -0.05) is 43.2 Å². The van der Waals surface area contributed by atoms with Gasteiger partial charge in [-0.15, -0.1) is 0 Å². The summed E-state index contributed by atoms with van der Waals surface area (Å²) >= 11 is 0.781. The first-order valence-corrected chi connectivity index (χ1v) is 11.5. The molecule has 1 saturated carbocycles. The van der Waals surface area contributed by atoms with E-state index in [1.807, 2.05) is 30.3 Å². The Morgan fingerprint density at radius 2 is 1.88 bits per heavy atom. The van der Waals surface area contributed by atoms with Crippen molar-refractivity contribution in [1.29, 1.82) is 0 Å². The molecule has 0 saturated heterocycles. The summed E-state index contributed by atoms with van der Waals surface area (Å²) in [6, 6.07) is 11.6. The highest BCUT2D eigenvalue weighted by Crippen LogP contribution is 2.31. The molecule has 1 fully saturated rings. The number of carbonyl (C=O) groups excluding carboxylic acids is 3. The van der Waals surface area contributed by atoms with Crippen LogP contribution in [0.2, 0.25) is 0 Å². The third kappa shape index (κ3) is 4.90. The third-order valence-corrected chi connectivity index (χ3v) is 6.54. The monoisotopic (exact) mass is 467 g/mol. The second-order valence-electron chi connectivity index (χ2n) is 7.96. The van der Waals surface area contributed by atoms with E-state index in [2.05, 4.69) is 9.69 Å². The van der Waals surface area contributed by atoms with E-state index in [0.717, 1.165) is 42.8 Å². The van der Waals surface area contributed by atoms with Gasteiger partial charge in [0.1, 0.15) is 10.6 Å². The Morgan fingerprint density at radius 3 is 2.48 bits per heavy atom. The largest absolute Gasteiger partial charge is 0.467 e. The van der Waals surface area contributed by atoms with Crippen LogP contribution in [0, 0.1) is 0 Å². The summed E-state index contributed by atoms with van der Waals surface area (Å²) < 4.78 is 9.53. The van der Waals surface area contributed by atoms with Gasteiger partial charge in [-0.05, 0) is 42.1 Å². The number of benzene rings is 1. The van der Waals surface area contributed by atoms with Crippen molar-refractivity contribution in [3.8, 4) is 0 Å². The number of nitrogens with one attached hydrogen (secondary N) is 1. The van der Waals surface area contributed by atoms with Gasteiger partial charge in [0.05, 0.1) is 12.0 Å². The summed E-state index contributed by atoms with van der Waals surface area (Å²) in [5, 5.41) is 3.07. The van der Waals surface area contributed by atoms with Gasteiger partial charge >= 0.3 is 0 Å². The quantitative estimate of drug-likeness (QED) is 0.464. The number of nitrogen functional groups attached to an aromatic ring is 1. The van der Waals surface area contributed by atoms with E-state index in [4.69, 9.17) is 15.9 Å². The first-order chi connectivity index (χ1) is 16.0. The van der Waals surface area contributed by atoms with Gasteiger partial charge in [-0.25, -0.2) is 0 Å². The summed E-state index contributed by atoms with van der Waals surface area (Å²) in [6.45, 7) is 0.117. The SMILES string of the molecule is NC(=O)c1nsc(C(=O)N(Cc2ccccc2)[C@@H](C(=O)NC2CCCC2)c2ccco2)c1N. The zero-order chi connectivity index (χ0) is 23.4. The van der Waals surface area contributed by atoms with E-state index in [9.17, 15) is 14.4 Å². The molecule has 3 amide bonds. The molecule has 2 heterocycles. The minimum Gasteiger partial charge on any atom is -0.467 e. The third-order valence-electron chi connectivity index (χ3n) is 5.69. The van der Waals surface area contributed by atoms with Crippen LogP contribution < -0.4 is 16.8 Å². The molecule has 3 aromatic rings. The number of carbonyl (C=O) groups is 3. The highest BCUT2D eigenvalue weighted by molar-refractivity contribution is 7.09. The summed E-state index contributed by atoms with van der Waals surface area (Å²) in [7, 11) is 0. The van der Waals surface area contributed by atoms with Gasteiger partial charge < -0.3 is 26.1 Å². The van der Waals surface area contributed by atoms with Crippen LogP contribution in [0.1, 0.15) is 63.2 Å². The summed E-state index contributed by atoms with van der Waals surface area (Å²) in [5.41, 5.74) is 11.9. The zero-order valence-electron chi connectivity index (χ0n) is 17.9. The number of hydrogen-bond donors (Lipinski definition) is 3. The summed E-state index contributed by atoms with van der Waals surface area (Å²) in [5.74, 6) is -1.37. The second-order valence-corrected chi connectivity index (χ2v) is 8.74. The fourth-order valence-corrected chi connectivity index (χ4v) is 4.80. The number of anilines is 1. The van der Waals surface area contributed by atoms with Gasteiger partial charge in [0, 0.05) is 12.6 Å². The van der Waals surface area contributed by atoms with Crippen molar-refractivity contribution >= 4 is 34.9 Å². The van der Waals surface area contributed by atoms with Crippen molar-refractivity contribution in [2.75, 3.05) is 5.73 Å². The van der Waals surface area contributed by atoms with Crippen molar-refractivity contribution < 1.29 is 18.8 Å². The van der Waals surface area contributed by atoms with Crippen LogP contribution in [-0.4, -0.2) is 33.0 Å². The maximum absolute atomic E-state index is 13.7. The maximum Gasteiger partial charge on any atom is 0.270 e. The number of nitrogens with two attached hydrogens (primary N) is 2. The summed E-state index contributed by atoms with van der Waals surface area (Å²) in [6.07, 6.45) is 5.36. The van der Waals surface area contributed by atoms with E-state index in [-0.39, 0.29) is 34.8 Å². The standard InChI is InChI=1S/C23H25N5O4S/c24-17-18(21(25)29)27-33-20(17)23(31)28(13-14-7-2-1-3-8-14)19(16-11-6-12-32-16)22(30)26-15-9-4-5-10-15/h1-3,6-8,11-12,15,19H,4-5,9-10,13,24H2,(H2,25,29)(H,26,30)/t19-/m1/s1.